The summed E-state index contributed by atoms with van der Waals surface area (Å²) in [5, 5.41) is 8.88. The van der Waals surface area contributed by atoms with Crippen molar-refractivity contribution in [2.24, 2.45) is 0 Å². The molecule has 1 aromatic heterocycles. The number of hydrogen-bond acceptors (Lipinski definition) is 3. The molecule has 0 fully saturated rings. The standard InChI is InChI=1S/C12H16N2O2/c1-3-12(7-8-13,11(15)16-4-2)14-9-5-6-10-14/h5-6,9-10H,3-4,7H2,1-2H3. The van der Waals surface area contributed by atoms with Crippen molar-refractivity contribution in [3.8, 4) is 6.07 Å². The highest BCUT2D eigenvalue weighted by Gasteiger charge is 2.39. The Morgan fingerprint density at radius 2 is 2.06 bits per heavy atom. The van der Waals surface area contributed by atoms with Gasteiger partial charge in [0.2, 0.25) is 0 Å². The SMILES string of the molecule is CCOC(=O)C(CC)(CC#N)n1cccc1. The predicted molar refractivity (Wildman–Crippen MR) is 59.6 cm³/mol. The molecule has 1 rings (SSSR count). The highest BCUT2D eigenvalue weighted by molar-refractivity contribution is 5.79. The first-order chi connectivity index (χ1) is 7.71. The fourth-order valence-electron chi connectivity index (χ4n) is 1.74. The molecule has 1 heterocycles. The van der Waals surface area contributed by atoms with Crippen LogP contribution in [0.4, 0.5) is 0 Å². The van der Waals surface area contributed by atoms with Gasteiger partial charge >= 0.3 is 5.97 Å². The van der Waals surface area contributed by atoms with Gasteiger partial charge in [-0.25, -0.2) is 4.79 Å². The van der Waals surface area contributed by atoms with E-state index in [0.717, 1.165) is 0 Å². The van der Waals surface area contributed by atoms with E-state index in [9.17, 15) is 4.79 Å². The minimum absolute atomic E-state index is 0.122. The van der Waals surface area contributed by atoms with Crippen molar-refractivity contribution in [3.05, 3.63) is 24.5 Å². The van der Waals surface area contributed by atoms with E-state index in [1.54, 1.807) is 23.9 Å². The number of esters is 1. The van der Waals surface area contributed by atoms with Gasteiger partial charge in [0.15, 0.2) is 5.54 Å². The van der Waals surface area contributed by atoms with E-state index in [4.69, 9.17) is 10.00 Å². The number of nitriles is 1. The Hall–Kier alpha value is -1.76. The average Bonchev–Trinajstić information content (AvgIpc) is 2.80. The number of aromatic nitrogens is 1. The number of hydrogen-bond donors (Lipinski definition) is 0. The van der Waals surface area contributed by atoms with Crippen molar-refractivity contribution < 1.29 is 9.53 Å². The normalized spacial score (nSPS) is 13.8. The Morgan fingerprint density at radius 3 is 2.50 bits per heavy atom. The smallest absolute Gasteiger partial charge is 0.333 e. The van der Waals surface area contributed by atoms with Gasteiger partial charge in [0.25, 0.3) is 0 Å². The molecule has 0 bridgehead atoms. The second-order valence-corrected chi connectivity index (χ2v) is 3.53. The highest BCUT2D eigenvalue weighted by atomic mass is 16.5. The van der Waals surface area contributed by atoms with E-state index in [0.29, 0.717) is 13.0 Å². The van der Waals surface area contributed by atoms with Crippen LogP contribution in [0.2, 0.25) is 0 Å². The third-order valence-corrected chi connectivity index (χ3v) is 2.71. The zero-order valence-electron chi connectivity index (χ0n) is 9.64. The molecule has 0 saturated heterocycles. The summed E-state index contributed by atoms with van der Waals surface area (Å²) in [4.78, 5) is 12.0. The minimum atomic E-state index is -0.881. The van der Waals surface area contributed by atoms with Gasteiger partial charge in [0.1, 0.15) is 0 Å². The van der Waals surface area contributed by atoms with Gasteiger partial charge < -0.3 is 9.30 Å². The molecule has 0 saturated carbocycles. The number of carbonyl (C=O) groups excluding carboxylic acids is 1. The molecule has 0 amide bonds. The summed E-state index contributed by atoms with van der Waals surface area (Å²) in [5.41, 5.74) is -0.881. The van der Waals surface area contributed by atoms with Crippen LogP contribution in [0.25, 0.3) is 0 Å². The largest absolute Gasteiger partial charge is 0.464 e. The second-order valence-electron chi connectivity index (χ2n) is 3.53. The second kappa shape index (κ2) is 5.36. The van der Waals surface area contributed by atoms with Gasteiger partial charge in [-0.1, -0.05) is 6.92 Å². The number of carbonyl (C=O) groups is 1. The van der Waals surface area contributed by atoms with Crippen molar-refractivity contribution in [3.63, 3.8) is 0 Å². The molecular weight excluding hydrogens is 204 g/mol. The first-order valence-electron chi connectivity index (χ1n) is 5.39. The van der Waals surface area contributed by atoms with E-state index in [1.807, 2.05) is 19.1 Å². The van der Waals surface area contributed by atoms with Crippen LogP contribution < -0.4 is 0 Å². The summed E-state index contributed by atoms with van der Waals surface area (Å²) in [6, 6.07) is 5.73. The van der Waals surface area contributed by atoms with E-state index in [-0.39, 0.29) is 12.4 Å². The Balaban J connectivity index is 3.10. The lowest BCUT2D eigenvalue weighted by molar-refractivity contribution is -0.154. The van der Waals surface area contributed by atoms with Crippen LogP contribution in [0.1, 0.15) is 26.7 Å². The summed E-state index contributed by atoms with van der Waals surface area (Å²) < 4.78 is 6.82. The number of nitrogens with zero attached hydrogens (tertiary/aromatic N) is 2. The van der Waals surface area contributed by atoms with Crippen molar-refractivity contribution >= 4 is 5.97 Å². The van der Waals surface area contributed by atoms with Crippen LogP contribution >= 0.6 is 0 Å². The molecule has 0 N–H and O–H groups in total. The van der Waals surface area contributed by atoms with Crippen LogP contribution in [0, 0.1) is 11.3 Å². The maximum atomic E-state index is 12.0. The third kappa shape index (κ3) is 2.08. The maximum absolute atomic E-state index is 12.0. The Bertz CT molecular complexity index is 378. The lowest BCUT2D eigenvalue weighted by Crippen LogP contribution is -2.41. The number of ether oxygens (including phenoxy) is 1. The zero-order valence-corrected chi connectivity index (χ0v) is 9.64. The summed E-state index contributed by atoms with van der Waals surface area (Å²) in [6.45, 7) is 3.97. The lowest BCUT2D eigenvalue weighted by Gasteiger charge is -2.29. The van der Waals surface area contributed by atoms with Crippen molar-refractivity contribution in [2.45, 2.75) is 32.2 Å². The van der Waals surface area contributed by atoms with Crippen LogP contribution in [0.3, 0.4) is 0 Å². The first kappa shape index (κ1) is 12.3. The van der Waals surface area contributed by atoms with Crippen LogP contribution in [-0.2, 0) is 15.1 Å². The molecule has 16 heavy (non-hydrogen) atoms. The van der Waals surface area contributed by atoms with Crippen LogP contribution in [0.15, 0.2) is 24.5 Å². The Labute approximate surface area is 95.4 Å². The van der Waals surface area contributed by atoms with Gasteiger partial charge in [-0.15, -0.1) is 0 Å². The molecule has 0 aliphatic heterocycles. The summed E-state index contributed by atoms with van der Waals surface area (Å²) in [7, 11) is 0. The fraction of sp³-hybridized carbons (Fsp3) is 0.500. The van der Waals surface area contributed by atoms with E-state index >= 15 is 0 Å². The first-order valence-corrected chi connectivity index (χ1v) is 5.39. The predicted octanol–water partition coefficient (Wildman–Crippen LogP) is 2.07. The van der Waals surface area contributed by atoms with Gasteiger partial charge in [-0.05, 0) is 25.5 Å². The highest BCUT2D eigenvalue weighted by Crippen LogP contribution is 2.27. The van der Waals surface area contributed by atoms with E-state index in [2.05, 4.69) is 6.07 Å². The fourth-order valence-corrected chi connectivity index (χ4v) is 1.74. The summed E-state index contributed by atoms with van der Waals surface area (Å²) >= 11 is 0. The quantitative estimate of drug-likeness (QED) is 0.714. The van der Waals surface area contributed by atoms with Crippen LogP contribution in [0.5, 0.6) is 0 Å². The topological polar surface area (TPSA) is 55.0 Å². The monoisotopic (exact) mass is 220 g/mol. The minimum Gasteiger partial charge on any atom is -0.464 e. The molecule has 0 spiro atoms. The van der Waals surface area contributed by atoms with Crippen molar-refractivity contribution in [1.29, 1.82) is 5.26 Å². The van der Waals surface area contributed by atoms with Gasteiger partial charge in [-0.3, -0.25) is 0 Å². The molecular formula is C12H16N2O2. The van der Waals surface area contributed by atoms with Crippen molar-refractivity contribution in [2.75, 3.05) is 6.61 Å². The molecule has 4 nitrogen and oxygen atoms in total. The molecule has 0 aliphatic rings. The van der Waals surface area contributed by atoms with Gasteiger partial charge in [0.05, 0.1) is 19.1 Å². The molecule has 4 heteroatoms. The Kier molecular flexibility index (Phi) is 4.12. The summed E-state index contributed by atoms with van der Waals surface area (Å²) in [6.07, 6.45) is 4.24. The maximum Gasteiger partial charge on any atom is 0.333 e. The summed E-state index contributed by atoms with van der Waals surface area (Å²) in [5.74, 6) is -0.338. The molecule has 0 radical (unpaired) electrons. The number of rotatable bonds is 5. The average molecular weight is 220 g/mol. The Morgan fingerprint density at radius 1 is 1.44 bits per heavy atom. The zero-order chi connectivity index (χ0) is 12.0. The van der Waals surface area contributed by atoms with Crippen LogP contribution in [-0.4, -0.2) is 17.1 Å². The van der Waals surface area contributed by atoms with Gasteiger partial charge in [-0.2, -0.15) is 5.26 Å². The molecule has 0 aromatic carbocycles. The lowest BCUT2D eigenvalue weighted by atomic mass is 9.92. The molecule has 0 aliphatic carbocycles. The van der Waals surface area contributed by atoms with E-state index < -0.39 is 5.54 Å². The molecule has 86 valence electrons. The van der Waals surface area contributed by atoms with E-state index in [1.165, 1.54) is 0 Å². The molecule has 1 aromatic rings. The molecule has 1 atom stereocenters. The van der Waals surface area contributed by atoms with Gasteiger partial charge in [0, 0.05) is 12.4 Å². The van der Waals surface area contributed by atoms with Crippen molar-refractivity contribution in [1.82, 2.24) is 4.57 Å². The third-order valence-electron chi connectivity index (χ3n) is 2.71. The molecule has 1 unspecified atom stereocenters.